The number of urea groups is 1. The number of carbonyl (C=O) groups is 1. The molecule has 1 aromatic rings. The second kappa shape index (κ2) is 7.96. The third kappa shape index (κ3) is 4.20. The van der Waals surface area contributed by atoms with Gasteiger partial charge < -0.3 is 20.1 Å². The van der Waals surface area contributed by atoms with Crippen molar-refractivity contribution in [3.8, 4) is 0 Å². The molecule has 7 nitrogen and oxygen atoms in total. The molecule has 7 heteroatoms. The van der Waals surface area contributed by atoms with E-state index >= 15 is 0 Å². The first kappa shape index (κ1) is 17.8. The highest BCUT2D eigenvalue weighted by molar-refractivity contribution is 5.74. The van der Waals surface area contributed by atoms with E-state index in [2.05, 4.69) is 27.3 Å². The van der Waals surface area contributed by atoms with E-state index in [-0.39, 0.29) is 30.3 Å². The summed E-state index contributed by atoms with van der Waals surface area (Å²) in [4.78, 5) is 12.5. The van der Waals surface area contributed by atoms with Gasteiger partial charge in [-0.05, 0) is 50.5 Å². The van der Waals surface area contributed by atoms with Gasteiger partial charge in [0.05, 0.1) is 17.8 Å². The average Bonchev–Trinajstić information content (AvgIpc) is 3.14. The van der Waals surface area contributed by atoms with E-state index in [1.54, 1.807) is 0 Å². The van der Waals surface area contributed by atoms with E-state index in [0.29, 0.717) is 6.61 Å². The summed E-state index contributed by atoms with van der Waals surface area (Å²) in [6, 6.07) is 2.11. The molecule has 1 saturated carbocycles. The van der Waals surface area contributed by atoms with E-state index in [0.717, 1.165) is 50.4 Å². The monoisotopic (exact) mass is 362 g/mol. The average molecular weight is 362 g/mol. The lowest BCUT2D eigenvalue weighted by Crippen LogP contribution is -2.49. The molecule has 3 aliphatic rings. The maximum absolute atomic E-state index is 12.5. The van der Waals surface area contributed by atoms with Crippen molar-refractivity contribution >= 4 is 6.03 Å². The fraction of sp³-hybridized carbons (Fsp3) is 0.789. The van der Waals surface area contributed by atoms with Crippen molar-refractivity contribution in [2.45, 2.75) is 76.3 Å². The zero-order chi connectivity index (χ0) is 17.9. The van der Waals surface area contributed by atoms with Gasteiger partial charge in [-0.15, -0.1) is 0 Å². The Kier molecular flexibility index (Phi) is 5.45. The zero-order valence-electron chi connectivity index (χ0n) is 15.5. The van der Waals surface area contributed by atoms with Crippen LogP contribution in [0.3, 0.4) is 0 Å². The molecule has 0 bridgehead atoms. The fourth-order valence-electron chi connectivity index (χ4n) is 4.00. The molecular weight excluding hydrogens is 332 g/mol. The summed E-state index contributed by atoms with van der Waals surface area (Å²) in [5, 5.41) is 10.7. The van der Waals surface area contributed by atoms with Gasteiger partial charge in [-0.2, -0.15) is 5.10 Å². The largest absolute Gasteiger partial charge is 0.378 e. The van der Waals surface area contributed by atoms with Crippen LogP contribution in [0.25, 0.3) is 0 Å². The third-order valence-electron chi connectivity index (χ3n) is 5.73. The number of hydrogen-bond donors (Lipinski definition) is 2. The first-order valence-electron chi connectivity index (χ1n) is 10.0. The van der Waals surface area contributed by atoms with E-state index in [1.165, 1.54) is 12.8 Å². The normalized spacial score (nSPS) is 31.7. The molecule has 144 valence electrons. The Morgan fingerprint density at radius 3 is 2.88 bits per heavy atom. The Bertz CT molecular complexity index is 616. The first-order valence-corrected chi connectivity index (χ1v) is 10.0. The van der Waals surface area contributed by atoms with Crippen molar-refractivity contribution in [3.63, 3.8) is 0 Å². The summed E-state index contributed by atoms with van der Waals surface area (Å²) in [6.45, 7) is 4.47. The fourth-order valence-corrected chi connectivity index (χ4v) is 4.00. The Hall–Kier alpha value is -1.60. The van der Waals surface area contributed by atoms with Crippen LogP contribution in [0, 0.1) is 5.92 Å². The summed E-state index contributed by atoms with van der Waals surface area (Å²) in [6.07, 6.45) is 8.15. The Morgan fingerprint density at radius 1 is 1.23 bits per heavy atom. The van der Waals surface area contributed by atoms with Crippen molar-refractivity contribution in [2.24, 2.45) is 5.92 Å². The van der Waals surface area contributed by atoms with E-state index in [9.17, 15) is 4.79 Å². The molecule has 0 aromatic carbocycles. The highest BCUT2D eigenvalue weighted by atomic mass is 16.5. The standard InChI is InChI=1S/C19H30N4O3/c1-2-15-11-14(6-9-25-15)21-19(24)22-16-7-10-26-18(16)17-5-8-20-23(17)12-13-3-4-13/h5,8,13-16,18H,2-4,6-7,9-12H2,1H3,(H2,21,22,24)/t14?,15?,16-,18-/m1/s1. The van der Waals surface area contributed by atoms with Crippen LogP contribution >= 0.6 is 0 Å². The van der Waals surface area contributed by atoms with Crippen molar-refractivity contribution in [1.82, 2.24) is 20.4 Å². The summed E-state index contributed by atoms with van der Waals surface area (Å²) in [5.41, 5.74) is 1.08. The Labute approximate surface area is 154 Å². The van der Waals surface area contributed by atoms with Crippen LogP contribution < -0.4 is 10.6 Å². The van der Waals surface area contributed by atoms with Crippen LogP contribution in [0.2, 0.25) is 0 Å². The minimum Gasteiger partial charge on any atom is -0.378 e. The molecule has 0 radical (unpaired) electrons. The lowest BCUT2D eigenvalue weighted by molar-refractivity contribution is 0.00179. The second-order valence-electron chi connectivity index (χ2n) is 7.81. The highest BCUT2D eigenvalue weighted by Crippen LogP contribution is 2.34. The van der Waals surface area contributed by atoms with Crippen LogP contribution in [0.4, 0.5) is 4.79 Å². The van der Waals surface area contributed by atoms with Crippen molar-refractivity contribution in [3.05, 3.63) is 18.0 Å². The number of aromatic nitrogens is 2. The van der Waals surface area contributed by atoms with Gasteiger partial charge in [0.15, 0.2) is 0 Å². The number of nitrogens with one attached hydrogen (secondary N) is 2. The van der Waals surface area contributed by atoms with Crippen molar-refractivity contribution in [1.29, 1.82) is 0 Å². The molecule has 2 N–H and O–H groups in total. The first-order chi connectivity index (χ1) is 12.7. The lowest BCUT2D eigenvalue weighted by Gasteiger charge is -2.30. The molecule has 1 aromatic heterocycles. The molecule has 2 amide bonds. The second-order valence-corrected chi connectivity index (χ2v) is 7.81. The van der Waals surface area contributed by atoms with Crippen LogP contribution in [0.15, 0.2) is 12.3 Å². The van der Waals surface area contributed by atoms with Crippen LogP contribution in [0.1, 0.15) is 57.2 Å². The van der Waals surface area contributed by atoms with Gasteiger partial charge >= 0.3 is 6.03 Å². The Balaban J connectivity index is 1.33. The predicted molar refractivity (Wildman–Crippen MR) is 96.8 cm³/mol. The van der Waals surface area contributed by atoms with Gasteiger partial charge in [0.2, 0.25) is 0 Å². The summed E-state index contributed by atoms with van der Waals surface area (Å²) >= 11 is 0. The number of rotatable bonds is 6. The van der Waals surface area contributed by atoms with Crippen LogP contribution in [-0.4, -0.2) is 47.2 Å². The van der Waals surface area contributed by atoms with Gasteiger partial charge in [0.25, 0.3) is 0 Å². The molecule has 2 saturated heterocycles. The maximum atomic E-state index is 12.5. The molecule has 2 aliphatic heterocycles. The molecule has 3 fully saturated rings. The number of ether oxygens (including phenoxy) is 2. The third-order valence-corrected chi connectivity index (χ3v) is 5.73. The molecule has 3 heterocycles. The summed E-state index contributed by atoms with van der Waals surface area (Å²) in [7, 11) is 0. The molecule has 4 rings (SSSR count). The van der Waals surface area contributed by atoms with Crippen molar-refractivity contribution < 1.29 is 14.3 Å². The summed E-state index contributed by atoms with van der Waals surface area (Å²) in [5.74, 6) is 0.754. The van der Waals surface area contributed by atoms with Crippen molar-refractivity contribution in [2.75, 3.05) is 13.2 Å². The smallest absolute Gasteiger partial charge is 0.315 e. The van der Waals surface area contributed by atoms with Gasteiger partial charge in [0, 0.05) is 32.0 Å². The number of nitrogens with zero attached hydrogens (tertiary/aromatic N) is 2. The topological polar surface area (TPSA) is 77.4 Å². The van der Waals surface area contributed by atoms with Gasteiger partial charge in [-0.1, -0.05) is 6.92 Å². The van der Waals surface area contributed by atoms with Gasteiger partial charge in [0.1, 0.15) is 6.10 Å². The van der Waals surface area contributed by atoms with Crippen LogP contribution in [-0.2, 0) is 16.0 Å². The minimum atomic E-state index is -0.111. The van der Waals surface area contributed by atoms with E-state index in [1.807, 2.05) is 12.3 Å². The molecule has 26 heavy (non-hydrogen) atoms. The van der Waals surface area contributed by atoms with Crippen LogP contribution in [0.5, 0.6) is 0 Å². The Morgan fingerprint density at radius 2 is 2.08 bits per heavy atom. The van der Waals surface area contributed by atoms with Gasteiger partial charge in [-0.25, -0.2) is 4.79 Å². The predicted octanol–water partition coefficient (Wildman–Crippen LogP) is 2.38. The summed E-state index contributed by atoms with van der Waals surface area (Å²) < 4.78 is 13.7. The molecule has 2 unspecified atom stereocenters. The molecule has 0 spiro atoms. The molecular formula is C19H30N4O3. The number of amides is 2. The molecule has 4 atom stereocenters. The zero-order valence-corrected chi connectivity index (χ0v) is 15.5. The highest BCUT2D eigenvalue weighted by Gasteiger charge is 2.35. The molecule has 1 aliphatic carbocycles. The SMILES string of the molecule is CCC1CC(NC(=O)N[C@@H]2CCO[C@H]2c2ccnn2CC2CC2)CCO1. The number of carbonyl (C=O) groups excluding carboxylic acids is 1. The maximum Gasteiger partial charge on any atom is 0.315 e. The van der Waals surface area contributed by atoms with Gasteiger partial charge in [-0.3, -0.25) is 4.68 Å². The number of hydrogen-bond acceptors (Lipinski definition) is 4. The minimum absolute atomic E-state index is 0.00790. The van der Waals surface area contributed by atoms with E-state index < -0.39 is 0 Å². The van der Waals surface area contributed by atoms with E-state index in [4.69, 9.17) is 9.47 Å². The quantitative estimate of drug-likeness (QED) is 0.814. The lowest BCUT2D eigenvalue weighted by atomic mass is 10.0.